The highest BCUT2D eigenvalue weighted by Crippen LogP contribution is 2.20. The fourth-order valence-corrected chi connectivity index (χ4v) is 2.39. The van der Waals surface area contributed by atoms with Crippen LogP contribution in [0.5, 0.6) is 0 Å². The number of aryl methyl sites for hydroxylation is 3. The first-order chi connectivity index (χ1) is 8.95. The average molecular weight is 320 g/mol. The van der Waals surface area contributed by atoms with Gasteiger partial charge in [0.05, 0.1) is 17.0 Å². The number of anilines is 1. The van der Waals surface area contributed by atoms with Crippen molar-refractivity contribution in [1.82, 2.24) is 10.2 Å². The van der Waals surface area contributed by atoms with E-state index in [1.54, 1.807) is 13.0 Å². The number of amides is 1. The van der Waals surface area contributed by atoms with Crippen LogP contribution in [0, 0.1) is 20.8 Å². The third kappa shape index (κ3) is 3.38. The van der Waals surface area contributed by atoms with Gasteiger partial charge in [-0.2, -0.15) is 10.2 Å². The summed E-state index contributed by atoms with van der Waals surface area (Å²) in [6, 6.07) is 7.50. The second kappa shape index (κ2) is 5.48. The third-order valence-corrected chi connectivity index (χ3v) is 3.10. The molecule has 1 aromatic carbocycles. The van der Waals surface area contributed by atoms with Gasteiger partial charge in [0.2, 0.25) is 0 Å². The molecule has 0 saturated heterocycles. The average Bonchev–Trinajstić information content (AvgIpc) is 2.30. The molecule has 5 heteroatoms. The van der Waals surface area contributed by atoms with Crippen molar-refractivity contribution < 1.29 is 4.79 Å². The highest BCUT2D eigenvalue weighted by Gasteiger charge is 2.11. The zero-order valence-corrected chi connectivity index (χ0v) is 12.6. The van der Waals surface area contributed by atoms with Crippen LogP contribution in [0.3, 0.4) is 0 Å². The van der Waals surface area contributed by atoms with Crippen molar-refractivity contribution in [2.45, 2.75) is 20.8 Å². The molecule has 1 aromatic heterocycles. The van der Waals surface area contributed by atoms with E-state index in [4.69, 9.17) is 0 Å². The maximum absolute atomic E-state index is 12.2. The van der Waals surface area contributed by atoms with Crippen molar-refractivity contribution in [3.05, 3.63) is 51.3 Å². The molecule has 0 saturated carbocycles. The Balaban J connectivity index is 2.28. The van der Waals surface area contributed by atoms with Gasteiger partial charge < -0.3 is 5.32 Å². The van der Waals surface area contributed by atoms with Gasteiger partial charge in [-0.05, 0) is 50.6 Å². The summed E-state index contributed by atoms with van der Waals surface area (Å²) in [7, 11) is 0. The summed E-state index contributed by atoms with van der Waals surface area (Å²) >= 11 is 3.41. The van der Waals surface area contributed by atoms with Gasteiger partial charge in [0, 0.05) is 10.2 Å². The first-order valence-corrected chi connectivity index (χ1v) is 6.64. The molecule has 4 nitrogen and oxygen atoms in total. The molecule has 2 rings (SSSR count). The van der Waals surface area contributed by atoms with E-state index in [-0.39, 0.29) is 5.91 Å². The van der Waals surface area contributed by atoms with E-state index in [1.165, 1.54) is 0 Å². The minimum atomic E-state index is -0.173. The topological polar surface area (TPSA) is 54.9 Å². The lowest BCUT2D eigenvalue weighted by Gasteiger charge is -2.08. The van der Waals surface area contributed by atoms with Crippen LogP contribution in [-0.2, 0) is 0 Å². The van der Waals surface area contributed by atoms with Gasteiger partial charge in [-0.1, -0.05) is 15.9 Å². The van der Waals surface area contributed by atoms with E-state index >= 15 is 0 Å². The smallest absolute Gasteiger partial charge is 0.257 e. The van der Waals surface area contributed by atoms with Crippen LogP contribution < -0.4 is 5.32 Å². The Kier molecular flexibility index (Phi) is 3.95. The van der Waals surface area contributed by atoms with E-state index in [1.807, 2.05) is 32.0 Å². The Morgan fingerprint density at radius 3 is 2.53 bits per heavy atom. The van der Waals surface area contributed by atoms with E-state index in [0.717, 1.165) is 21.4 Å². The standard InChI is InChI=1S/C14H14BrN3O/c1-8-4-11(15)7-12(5-8)16-14(19)13-6-9(2)17-18-10(13)3/h4-7H,1-3H3,(H,16,19). The summed E-state index contributed by atoms with van der Waals surface area (Å²) in [4.78, 5) is 12.2. The number of halogens is 1. The van der Waals surface area contributed by atoms with Gasteiger partial charge in [-0.25, -0.2) is 0 Å². The van der Waals surface area contributed by atoms with Crippen molar-refractivity contribution in [3.63, 3.8) is 0 Å². The van der Waals surface area contributed by atoms with Gasteiger partial charge in [0.1, 0.15) is 0 Å². The number of carbonyl (C=O) groups excluding carboxylic acids is 1. The van der Waals surface area contributed by atoms with Crippen LogP contribution in [0.1, 0.15) is 27.3 Å². The maximum atomic E-state index is 12.2. The van der Waals surface area contributed by atoms with Crippen LogP contribution in [0.4, 0.5) is 5.69 Å². The molecule has 0 unspecified atom stereocenters. The van der Waals surface area contributed by atoms with Crippen molar-refractivity contribution in [2.24, 2.45) is 0 Å². The zero-order chi connectivity index (χ0) is 14.0. The maximum Gasteiger partial charge on any atom is 0.257 e. The van der Waals surface area contributed by atoms with Crippen LogP contribution in [0.25, 0.3) is 0 Å². The number of benzene rings is 1. The third-order valence-electron chi connectivity index (χ3n) is 2.65. The molecule has 0 radical (unpaired) electrons. The van der Waals surface area contributed by atoms with Crippen molar-refractivity contribution >= 4 is 27.5 Å². The molecule has 2 aromatic rings. The highest BCUT2D eigenvalue weighted by molar-refractivity contribution is 9.10. The van der Waals surface area contributed by atoms with Gasteiger partial charge in [0.25, 0.3) is 5.91 Å². The van der Waals surface area contributed by atoms with Gasteiger partial charge in [-0.15, -0.1) is 0 Å². The summed E-state index contributed by atoms with van der Waals surface area (Å²) in [5, 5.41) is 10.7. The molecule has 1 N–H and O–H groups in total. The Hall–Kier alpha value is -1.75. The number of hydrogen-bond acceptors (Lipinski definition) is 3. The van der Waals surface area contributed by atoms with Gasteiger partial charge >= 0.3 is 0 Å². The molecule has 0 aliphatic rings. The predicted octanol–water partition coefficient (Wildman–Crippen LogP) is 3.42. The number of aromatic nitrogens is 2. The van der Waals surface area contributed by atoms with Gasteiger partial charge in [0.15, 0.2) is 0 Å². The Bertz CT molecular complexity index is 620. The molecule has 0 aliphatic heterocycles. The summed E-state index contributed by atoms with van der Waals surface area (Å²) in [5.74, 6) is -0.173. The van der Waals surface area contributed by atoms with Crippen LogP contribution in [0.15, 0.2) is 28.7 Å². The second-order valence-corrected chi connectivity index (χ2v) is 5.37. The van der Waals surface area contributed by atoms with Crippen molar-refractivity contribution in [1.29, 1.82) is 0 Å². The number of rotatable bonds is 2. The quantitative estimate of drug-likeness (QED) is 0.922. The SMILES string of the molecule is Cc1cc(Br)cc(NC(=O)c2cc(C)nnc2C)c1. The molecule has 0 fully saturated rings. The van der Waals surface area contributed by atoms with E-state index in [0.29, 0.717) is 11.3 Å². The molecular formula is C14H14BrN3O. The summed E-state index contributed by atoms with van der Waals surface area (Å²) in [6.07, 6.45) is 0. The lowest BCUT2D eigenvalue weighted by atomic mass is 10.1. The second-order valence-electron chi connectivity index (χ2n) is 4.46. The van der Waals surface area contributed by atoms with E-state index in [2.05, 4.69) is 31.4 Å². The highest BCUT2D eigenvalue weighted by atomic mass is 79.9. The fourth-order valence-electron chi connectivity index (χ4n) is 1.79. The Morgan fingerprint density at radius 2 is 1.84 bits per heavy atom. The monoisotopic (exact) mass is 319 g/mol. The molecule has 0 aliphatic carbocycles. The van der Waals surface area contributed by atoms with Crippen molar-refractivity contribution in [2.75, 3.05) is 5.32 Å². The van der Waals surface area contributed by atoms with Gasteiger partial charge in [-0.3, -0.25) is 4.79 Å². The lowest BCUT2D eigenvalue weighted by Crippen LogP contribution is -2.15. The van der Waals surface area contributed by atoms with Crippen LogP contribution in [0.2, 0.25) is 0 Å². The molecule has 0 spiro atoms. The van der Waals surface area contributed by atoms with E-state index < -0.39 is 0 Å². The molecule has 98 valence electrons. The minimum Gasteiger partial charge on any atom is -0.322 e. The molecule has 1 amide bonds. The Morgan fingerprint density at radius 1 is 1.11 bits per heavy atom. The van der Waals surface area contributed by atoms with E-state index in [9.17, 15) is 4.79 Å². The van der Waals surface area contributed by atoms with Crippen molar-refractivity contribution in [3.8, 4) is 0 Å². The zero-order valence-electron chi connectivity index (χ0n) is 11.0. The number of hydrogen-bond donors (Lipinski definition) is 1. The first-order valence-electron chi connectivity index (χ1n) is 5.85. The first kappa shape index (κ1) is 13.7. The molecule has 0 bridgehead atoms. The predicted molar refractivity (Wildman–Crippen MR) is 78.3 cm³/mol. The summed E-state index contributed by atoms with van der Waals surface area (Å²) in [5.41, 5.74) is 3.72. The summed E-state index contributed by atoms with van der Waals surface area (Å²) < 4.78 is 0.934. The summed E-state index contributed by atoms with van der Waals surface area (Å²) in [6.45, 7) is 5.56. The van der Waals surface area contributed by atoms with Crippen LogP contribution in [-0.4, -0.2) is 16.1 Å². The molecule has 1 heterocycles. The molecule has 19 heavy (non-hydrogen) atoms. The minimum absolute atomic E-state index is 0.173. The normalized spacial score (nSPS) is 10.3. The molecule has 0 atom stereocenters. The number of nitrogens with zero attached hydrogens (tertiary/aromatic N) is 2. The number of carbonyl (C=O) groups is 1. The lowest BCUT2D eigenvalue weighted by molar-refractivity contribution is 0.102. The Labute approximate surface area is 120 Å². The number of nitrogens with one attached hydrogen (secondary N) is 1. The molecular weight excluding hydrogens is 306 g/mol. The largest absolute Gasteiger partial charge is 0.322 e. The van der Waals surface area contributed by atoms with Crippen LogP contribution >= 0.6 is 15.9 Å². The fraction of sp³-hybridized carbons (Fsp3) is 0.214.